The molecule has 0 spiro atoms. The maximum absolute atomic E-state index is 13.4. The summed E-state index contributed by atoms with van der Waals surface area (Å²) in [4.78, 5) is 30.2. The first-order valence-electron chi connectivity index (χ1n) is 12.2. The predicted octanol–water partition coefficient (Wildman–Crippen LogP) is 5.43. The second kappa shape index (κ2) is 12.3. The second-order valence-electron chi connectivity index (χ2n) is 9.12. The molecule has 2 heterocycles. The highest BCUT2D eigenvalue weighted by Crippen LogP contribution is 2.16. The molecule has 0 saturated carbocycles. The van der Waals surface area contributed by atoms with Crippen LogP contribution in [0.15, 0.2) is 65.4 Å². The van der Waals surface area contributed by atoms with Crippen molar-refractivity contribution in [1.82, 2.24) is 14.4 Å². The minimum absolute atomic E-state index is 0.0138. The fraction of sp³-hybridized carbons (Fsp3) is 0.429. The first-order valence-corrected chi connectivity index (χ1v) is 12.2. The van der Waals surface area contributed by atoms with E-state index in [1.54, 1.807) is 16.1 Å². The van der Waals surface area contributed by atoms with E-state index < -0.39 is 0 Å². The van der Waals surface area contributed by atoms with Crippen LogP contribution < -0.4 is 0 Å². The number of carbonyl (C=O) groups is 2. The van der Waals surface area contributed by atoms with Crippen LogP contribution in [0, 0.1) is 0 Å². The highest BCUT2D eigenvalue weighted by molar-refractivity contribution is 5.96. The highest BCUT2D eigenvalue weighted by atomic mass is 16.3. The number of unbranched alkanes of at least 4 members (excludes halogenated alkanes) is 2. The standard InChI is InChI=1S/C28H37N3O3/c1-5-6-7-10-23-13-15-24(16-14-23)28(33)31(22(2)3)21-27(32)30(20-26-12-9-18-34-26)19-25-11-8-17-29(25)4/h8-9,11-18,22H,5-7,10,19-21H2,1-4H3. The number of nitrogens with zero attached hydrogens (tertiary/aromatic N) is 3. The Balaban J connectivity index is 1.72. The molecule has 0 aliphatic carbocycles. The number of aromatic nitrogens is 1. The molecule has 0 saturated heterocycles. The van der Waals surface area contributed by atoms with Gasteiger partial charge in [-0.15, -0.1) is 0 Å². The summed E-state index contributed by atoms with van der Waals surface area (Å²) in [5, 5.41) is 0. The zero-order chi connectivity index (χ0) is 24.5. The fourth-order valence-electron chi connectivity index (χ4n) is 3.97. The van der Waals surface area contributed by atoms with E-state index in [0.29, 0.717) is 24.4 Å². The summed E-state index contributed by atoms with van der Waals surface area (Å²) < 4.78 is 7.49. The summed E-state index contributed by atoms with van der Waals surface area (Å²) in [7, 11) is 1.96. The van der Waals surface area contributed by atoms with Crippen molar-refractivity contribution in [2.75, 3.05) is 6.54 Å². The maximum atomic E-state index is 13.4. The van der Waals surface area contributed by atoms with Gasteiger partial charge in [-0.25, -0.2) is 0 Å². The van der Waals surface area contributed by atoms with Crippen molar-refractivity contribution in [1.29, 1.82) is 0 Å². The van der Waals surface area contributed by atoms with Crippen molar-refractivity contribution in [2.45, 2.75) is 65.6 Å². The zero-order valence-corrected chi connectivity index (χ0v) is 20.9. The SMILES string of the molecule is CCCCCc1ccc(C(=O)N(CC(=O)N(Cc2ccco2)Cc2cccn2C)C(C)C)cc1. The molecule has 0 N–H and O–H groups in total. The van der Waals surface area contributed by atoms with Crippen molar-refractivity contribution in [3.8, 4) is 0 Å². The minimum Gasteiger partial charge on any atom is -0.467 e. The van der Waals surface area contributed by atoms with Gasteiger partial charge in [0.05, 0.1) is 19.4 Å². The Morgan fingerprint density at radius 1 is 1.00 bits per heavy atom. The van der Waals surface area contributed by atoms with Crippen LogP contribution in [0.4, 0.5) is 0 Å². The van der Waals surface area contributed by atoms with E-state index in [1.807, 2.05) is 80.2 Å². The summed E-state index contributed by atoms with van der Waals surface area (Å²) in [5.74, 6) is 0.472. The molecule has 0 aliphatic rings. The number of amides is 2. The topological polar surface area (TPSA) is 58.7 Å². The van der Waals surface area contributed by atoms with Crippen LogP contribution in [0.5, 0.6) is 0 Å². The monoisotopic (exact) mass is 463 g/mol. The lowest BCUT2D eigenvalue weighted by molar-refractivity contribution is -0.133. The maximum Gasteiger partial charge on any atom is 0.254 e. The molecule has 1 aromatic carbocycles. The lowest BCUT2D eigenvalue weighted by Crippen LogP contribution is -2.45. The predicted molar refractivity (Wildman–Crippen MR) is 134 cm³/mol. The van der Waals surface area contributed by atoms with Gasteiger partial charge in [-0.1, -0.05) is 31.9 Å². The van der Waals surface area contributed by atoms with Gasteiger partial charge in [0.15, 0.2) is 0 Å². The molecule has 0 radical (unpaired) electrons. The molecule has 0 unspecified atom stereocenters. The Kier molecular flexibility index (Phi) is 9.14. The van der Waals surface area contributed by atoms with Crippen LogP contribution in [0.1, 0.15) is 67.4 Å². The van der Waals surface area contributed by atoms with E-state index in [9.17, 15) is 9.59 Å². The van der Waals surface area contributed by atoms with Crippen LogP contribution >= 0.6 is 0 Å². The van der Waals surface area contributed by atoms with Gasteiger partial charge in [-0.3, -0.25) is 9.59 Å². The second-order valence-corrected chi connectivity index (χ2v) is 9.12. The molecular weight excluding hydrogens is 426 g/mol. The molecule has 182 valence electrons. The van der Waals surface area contributed by atoms with Crippen LogP contribution in [-0.4, -0.2) is 38.8 Å². The van der Waals surface area contributed by atoms with E-state index in [2.05, 4.69) is 6.92 Å². The number of hydrogen-bond acceptors (Lipinski definition) is 3. The van der Waals surface area contributed by atoms with Gasteiger partial charge in [0.2, 0.25) is 5.91 Å². The zero-order valence-electron chi connectivity index (χ0n) is 20.9. The first kappa shape index (κ1) is 25.3. The summed E-state index contributed by atoms with van der Waals surface area (Å²) in [6, 6.07) is 15.3. The van der Waals surface area contributed by atoms with Crippen LogP contribution in [0.2, 0.25) is 0 Å². The van der Waals surface area contributed by atoms with Gasteiger partial charge >= 0.3 is 0 Å². The first-order chi connectivity index (χ1) is 16.4. The molecule has 0 atom stereocenters. The third kappa shape index (κ3) is 6.86. The smallest absolute Gasteiger partial charge is 0.254 e. The van der Waals surface area contributed by atoms with Gasteiger partial charge in [0.1, 0.15) is 12.3 Å². The molecule has 0 fully saturated rings. The molecule has 34 heavy (non-hydrogen) atoms. The Hall–Kier alpha value is -3.28. The molecule has 2 aromatic heterocycles. The van der Waals surface area contributed by atoms with Crippen molar-refractivity contribution < 1.29 is 14.0 Å². The normalized spacial score (nSPS) is 11.1. The Bertz CT molecular complexity index is 1040. The minimum atomic E-state index is -0.125. The van der Waals surface area contributed by atoms with E-state index in [0.717, 1.165) is 18.5 Å². The van der Waals surface area contributed by atoms with Crippen molar-refractivity contribution in [3.05, 3.63) is 83.6 Å². The molecule has 3 aromatic rings. The van der Waals surface area contributed by atoms with E-state index in [-0.39, 0.29) is 24.4 Å². The van der Waals surface area contributed by atoms with Crippen molar-refractivity contribution in [2.24, 2.45) is 7.05 Å². The quantitative estimate of drug-likeness (QED) is 0.337. The lowest BCUT2D eigenvalue weighted by Gasteiger charge is -2.30. The third-order valence-electron chi connectivity index (χ3n) is 6.14. The molecule has 6 heteroatoms. The van der Waals surface area contributed by atoms with Crippen LogP contribution in [-0.2, 0) is 31.4 Å². The Morgan fingerprint density at radius 3 is 2.35 bits per heavy atom. The Morgan fingerprint density at radius 2 is 1.76 bits per heavy atom. The van der Waals surface area contributed by atoms with Gasteiger partial charge in [-0.2, -0.15) is 0 Å². The van der Waals surface area contributed by atoms with Gasteiger partial charge in [0.25, 0.3) is 5.91 Å². The molecule has 6 nitrogen and oxygen atoms in total. The van der Waals surface area contributed by atoms with Crippen LogP contribution in [0.3, 0.4) is 0 Å². The largest absolute Gasteiger partial charge is 0.467 e. The van der Waals surface area contributed by atoms with Gasteiger partial charge in [-0.05, 0) is 68.7 Å². The van der Waals surface area contributed by atoms with Crippen molar-refractivity contribution in [3.63, 3.8) is 0 Å². The summed E-state index contributed by atoms with van der Waals surface area (Å²) in [6.45, 7) is 6.88. The molecule has 0 bridgehead atoms. The molecular formula is C28H37N3O3. The number of furan rings is 1. The van der Waals surface area contributed by atoms with E-state index in [4.69, 9.17) is 4.42 Å². The van der Waals surface area contributed by atoms with Crippen molar-refractivity contribution >= 4 is 11.8 Å². The molecule has 2 amide bonds. The molecule has 0 aliphatic heterocycles. The van der Waals surface area contributed by atoms with Crippen LogP contribution in [0.25, 0.3) is 0 Å². The Labute approximate surface area is 203 Å². The average molecular weight is 464 g/mol. The highest BCUT2D eigenvalue weighted by Gasteiger charge is 2.25. The molecule has 3 rings (SSSR count). The van der Waals surface area contributed by atoms with E-state index in [1.165, 1.54) is 18.4 Å². The third-order valence-corrected chi connectivity index (χ3v) is 6.14. The number of benzene rings is 1. The lowest BCUT2D eigenvalue weighted by atomic mass is 10.0. The van der Waals surface area contributed by atoms with Gasteiger partial charge in [0, 0.05) is 30.5 Å². The summed E-state index contributed by atoms with van der Waals surface area (Å²) in [5.41, 5.74) is 2.87. The number of carbonyl (C=O) groups excluding carboxylic acids is 2. The summed E-state index contributed by atoms with van der Waals surface area (Å²) >= 11 is 0. The number of rotatable bonds is 12. The summed E-state index contributed by atoms with van der Waals surface area (Å²) in [6.07, 6.45) is 8.14. The average Bonchev–Trinajstić information content (AvgIpc) is 3.48. The van der Waals surface area contributed by atoms with Gasteiger partial charge < -0.3 is 18.8 Å². The number of aryl methyl sites for hydroxylation is 2. The fourth-order valence-corrected chi connectivity index (χ4v) is 3.97. The van der Waals surface area contributed by atoms with E-state index >= 15 is 0 Å². The number of hydrogen-bond donors (Lipinski definition) is 0.